The maximum absolute atomic E-state index is 12.8. The van der Waals surface area contributed by atoms with E-state index in [9.17, 15) is 14.0 Å². The van der Waals surface area contributed by atoms with Crippen LogP contribution in [0.5, 0.6) is 0 Å². The number of hydrogen-bond acceptors (Lipinski definition) is 2. The van der Waals surface area contributed by atoms with Gasteiger partial charge in [-0.25, -0.2) is 4.79 Å². The molecule has 0 saturated carbocycles. The van der Waals surface area contributed by atoms with E-state index in [1.54, 1.807) is 20.8 Å². The molecule has 0 bridgehead atoms. The largest absolute Gasteiger partial charge is 0.329 e. The molecule has 0 atom stereocenters. The average Bonchev–Trinajstić information content (AvgIpc) is 1.95. The van der Waals surface area contributed by atoms with E-state index in [2.05, 4.69) is 4.98 Å². The lowest BCUT2D eigenvalue weighted by Crippen LogP contribution is -2.45. The van der Waals surface area contributed by atoms with Gasteiger partial charge in [0, 0.05) is 11.7 Å². The predicted molar refractivity (Wildman–Crippen MR) is 46.3 cm³/mol. The molecule has 5 heteroatoms. The van der Waals surface area contributed by atoms with E-state index >= 15 is 0 Å². The summed E-state index contributed by atoms with van der Waals surface area (Å²) in [4.78, 5) is 24.5. The van der Waals surface area contributed by atoms with Gasteiger partial charge in [-0.05, 0) is 20.8 Å². The van der Waals surface area contributed by atoms with Gasteiger partial charge >= 0.3 is 5.69 Å². The Morgan fingerprint density at radius 3 is 2.31 bits per heavy atom. The maximum atomic E-state index is 12.8. The molecule has 0 saturated heterocycles. The molecule has 13 heavy (non-hydrogen) atoms. The second-order valence-electron chi connectivity index (χ2n) is 3.75. The Hall–Kier alpha value is -1.39. The van der Waals surface area contributed by atoms with E-state index in [4.69, 9.17) is 0 Å². The van der Waals surface area contributed by atoms with Crippen LogP contribution in [0.2, 0.25) is 0 Å². The number of nitrogens with one attached hydrogen (secondary N) is 1. The van der Waals surface area contributed by atoms with Crippen LogP contribution < -0.4 is 11.2 Å². The molecular weight excluding hydrogens is 175 g/mol. The highest BCUT2D eigenvalue weighted by molar-refractivity contribution is 4.91. The van der Waals surface area contributed by atoms with Gasteiger partial charge in [0.1, 0.15) is 0 Å². The molecule has 1 N–H and O–H groups in total. The molecule has 0 amide bonds. The van der Waals surface area contributed by atoms with E-state index in [0.717, 1.165) is 10.8 Å². The molecule has 4 nitrogen and oxygen atoms in total. The van der Waals surface area contributed by atoms with Gasteiger partial charge in [-0.2, -0.15) is 4.39 Å². The predicted octanol–water partition coefficient (Wildman–Crippen LogP) is 0.431. The fourth-order valence-corrected chi connectivity index (χ4v) is 1.06. The Morgan fingerprint density at radius 1 is 1.38 bits per heavy atom. The van der Waals surface area contributed by atoms with Crippen molar-refractivity contribution in [3.05, 3.63) is 32.9 Å². The quantitative estimate of drug-likeness (QED) is 0.638. The molecule has 0 aliphatic rings. The highest BCUT2D eigenvalue weighted by Crippen LogP contribution is 2.06. The van der Waals surface area contributed by atoms with Gasteiger partial charge in [0.2, 0.25) is 5.82 Å². The van der Waals surface area contributed by atoms with Crippen LogP contribution in [0.4, 0.5) is 4.39 Å². The van der Waals surface area contributed by atoms with Gasteiger partial charge in [-0.1, -0.05) is 0 Å². The molecule has 72 valence electrons. The van der Waals surface area contributed by atoms with Crippen molar-refractivity contribution in [3.63, 3.8) is 0 Å². The Bertz CT molecular complexity index is 425. The molecule has 0 fully saturated rings. The number of halogens is 1. The van der Waals surface area contributed by atoms with Crippen molar-refractivity contribution in [2.45, 2.75) is 26.3 Å². The minimum Gasteiger partial charge on any atom is -0.311 e. The summed E-state index contributed by atoms with van der Waals surface area (Å²) in [5, 5.41) is 0. The molecule has 0 spiro atoms. The van der Waals surface area contributed by atoms with E-state index in [0.29, 0.717) is 0 Å². The normalized spacial score (nSPS) is 11.7. The third-order valence-electron chi connectivity index (χ3n) is 1.60. The lowest BCUT2D eigenvalue weighted by atomic mass is 10.1. The van der Waals surface area contributed by atoms with Crippen LogP contribution in [-0.2, 0) is 5.54 Å². The molecule has 0 radical (unpaired) electrons. The third kappa shape index (κ3) is 1.68. The van der Waals surface area contributed by atoms with E-state index in [1.807, 2.05) is 0 Å². The van der Waals surface area contributed by atoms with Crippen molar-refractivity contribution < 1.29 is 4.39 Å². The number of aromatic amines is 1. The number of hydrogen-bond donors (Lipinski definition) is 1. The molecule has 0 aliphatic heterocycles. The second kappa shape index (κ2) is 2.83. The van der Waals surface area contributed by atoms with Gasteiger partial charge in [0.15, 0.2) is 0 Å². The Labute approximate surface area is 74.0 Å². The number of H-pyrrole nitrogens is 1. The number of aromatic nitrogens is 2. The summed E-state index contributed by atoms with van der Waals surface area (Å²) in [7, 11) is 0. The first-order valence-electron chi connectivity index (χ1n) is 3.85. The van der Waals surface area contributed by atoms with Gasteiger partial charge in [0.05, 0.1) is 0 Å². The third-order valence-corrected chi connectivity index (χ3v) is 1.60. The lowest BCUT2D eigenvalue weighted by molar-refractivity contribution is 0.354. The fourth-order valence-electron chi connectivity index (χ4n) is 1.06. The van der Waals surface area contributed by atoms with Crippen molar-refractivity contribution in [2.75, 3.05) is 0 Å². The SMILES string of the molecule is CC(C)(C)n1c(=O)[nH]cc(F)c1=O. The first-order valence-corrected chi connectivity index (χ1v) is 3.85. The highest BCUT2D eigenvalue weighted by Gasteiger charge is 2.19. The molecule has 1 aromatic rings. The molecule has 0 aromatic carbocycles. The van der Waals surface area contributed by atoms with Crippen LogP contribution in [0, 0.1) is 5.82 Å². The zero-order valence-corrected chi connectivity index (χ0v) is 7.72. The zero-order valence-electron chi connectivity index (χ0n) is 7.72. The zero-order chi connectivity index (χ0) is 10.2. The minimum absolute atomic E-state index is 0.598. The van der Waals surface area contributed by atoms with Crippen LogP contribution in [-0.4, -0.2) is 9.55 Å². The van der Waals surface area contributed by atoms with Crippen molar-refractivity contribution in [2.24, 2.45) is 0 Å². The molecular formula is C8H11FN2O2. The summed E-state index contributed by atoms with van der Waals surface area (Å²) in [5.41, 5.74) is -2.21. The minimum atomic E-state index is -0.950. The first-order chi connectivity index (χ1) is 5.84. The molecule has 0 unspecified atom stereocenters. The lowest BCUT2D eigenvalue weighted by Gasteiger charge is -2.20. The monoisotopic (exact) mass is 186 g/mol. The first kappa shape index (κ1) is 9.70. The van der Waals surface area contributed by atoms with Gasteiger partial charge in [-0.3, -0.25) is 9.36 Å². The highest BCUT2D eigenvalue weighted by atomic mass is 19.1. The molecule has 1 rings (SSSR count). The number of rotatable bonds is 0. The summed E-state index contributed by atoms with van der Waals surface area (Å²) in [6, 6.07) is 0. The summed E-state index contributed by atoms with van der Waals surface area (Å²) in [5.74, 6) is -0.950. The Balaban J connectivity index is 3.63. The van der Waals surface area contributed by atoms with Crippen molar-refractivity contribution in [3.8, 4) is 0 Å². The standard InChI is InChI=1S/C8H11FN2O2/c1-8(2,3)11-6(12)5(9)4-10-7(11)13/h4H,1-3H3,(H,10,13). The molecule has 1 aromatic heterocycles. The van der Waals surface area contributed by atoms with E-state index < -0.39 is 22.6 Å². The molecule has 0 aliphatic carbocycles. The summed E-state index contributed by atoms with van der Waals surface area (Å²) >= 11 is 0. The van der Waals surface area contributed by atoms with Gasteiger partial charge in [0.25, 0.3) is 5.56 Å². The Morgan fingerprint density at radius 2 is 1.92 bits per heavy atom. The second-order valence-corrected chi connectivity index (χ2v) is 3.75. The van der Waals surface area contributed by atoms with E-state index in [1.165, 1.54) is 0 Å². The summed E-state index contributed by atoms with van der Waals surface area (Å²) in [6.45, 7) is 4.97. The molecule has 1 heterocycles. The van der Waals surface area contributed by atoms with Crippen molar-refractivity contribution in [1.82, 2.24) is 9.55 Å². The van der Waals surface area contributed by atoms with Gasteiger partial charge in [-0.15, -0.1) is 0 Å². The van der Waals surface area contributed by atoms with Gasteiger partial charge < -0.3 is 4.98 Å². The van der Waals surface area contributed by atoms with Crippen LogP contribution >= 0.6 is 0 Å². The van der Waals surface area contributed by atoms with Crippen LogP contribution in [0.25, 0.3) is 0 Å². The maximum Gasteiger partial charge on any atom is 0.329 e. The summed E-state index contributed by atoms with van der Waals surface area (Å²) in [6.07, 6.45) is 0.771. The van der Waals surface area contributed by atoms with Crippen LogP contribution in [0.3, 0.4) is 0 Å². The summed E-state index contributed by atoms with van der Waals surface area (Å²) < 4.78 is 13.6. The topological polar surface area (TPSA) is 54.9 Å². The van der Waals surface area contributed by atoms with Crippen molar-refractivity contribution in [1.29, 1.82) is 0 Å². The fraction of sp³-hybridized carbons (Fsp3) is 0.500. The number of nitrogens with zero attached hydrogens (tertiary/aromatic N) is 1. The van der Waals surface area contributed by atoms with Crippen LogP contribution in [0.15, 0.2) is 15.8 Å². The van der Waals surface area contributed by atoms with Crippen molar-refractivity contribution >= 4 is 0 Å². The average molecular weight is 186 g/mol. The Kier molecular flexibility index (Phi) is 2.11. The smallest absolute Gasteiger partial charge is 0.311 e. The van der Waals surface area contributed by atoms with E-state index in [-0.39, 0.29) is 0 Å². The van der Waals surface area contributed by atoms with Crippen LogP contribution in [0.1, 0.15) is 20.8 Å².